The molecule has 0 saturated carbocycles. The summed E-state index contributed by atoms with van der Waals surface area (Å²) in [6.45, 7) is 27.3. The average molecular weight is 1350 g/mol. The highest BCUT2D eigenvalue weighted by molar-refractivity contribution is 9.10. The molecule has 7 aromatic carbocycles. The fourth-order valence-electron chi connectivity index (χ4n) is 13.9. The monoisotopic (exact) mass is 1350 g/mol. The molecule has 9 nitrogen and oxygen atoms in total. The first-order chi connectivity index (χ1) is 46.9. The second-order valence-corrected chi connectivity index (χ2v) is 27.1. The Kier molecular flexibility index (Phi) is 22.0. The van der Waals surface area contributed by atoms with Crippen molar-refractivity contribution in [2.45, 2.75) is 160 Å². The number of ether oxygens (including phenoxy) is 5. The van der Waals surface area contributed by atoms with Crippen LogP contribution in [0.1, 0.15) is 169 Å². The summed E-state index contributed by atoms with van der Waals surface area (Å²) in [6, 6.07) is 38.1. The van der Waals surface area contributed by atoms with Crippen LogP contribution < -0.4 is 23.7 Å². The Labute approximate surface area is 583 Å². The third kappa shape index (κ3) is 14.9. The summed E-state index contributed by atoms with van der Waals surface area (Å²) in [5.41, 5.74) is 25.0. The van der Waals surface area contributed by atoms with Gasteiger partial charge < -0.3 is 23.7 Å². The molecule has 0 aliphatic rings. The van der Waals surface area contributed by atoms with Gasteiger partial charge in [-0.3, -0.25) is 0 Å². The Morgan fingerprint density at radius 1 is 0.340 bits per heavy atom. The number of aromatic nitrogens is 4. The number of aryl methyl sites for hydroxylation is 6. The molecule has 0 spiro atoms. The highest BCUT2D eigenvalue weighted by Crippen LogP contribution is 2.44. The molecule has 0 bridgehead atoms. The number of unbranched alkanes of at least 4 members (excludes halogenated alkanes) is 10. The Morgan fingerprint density at radius 2 is 0.711 bits per heavy atom. The fourth-order valence-corrected chi connectivity index (χ4v) is 14.5. The molecule has 496 valence electrons. The fraction of sp³-hybridized carbons (Fsp3) is 0.333. The standard InChI is InChI=1S/C87H91BrN4O5/c1-16-18-20-22-24-26-40-96-73-49-65(31-35-67-47-69-33-29-63-37-39-72(80-75(94-14)50-70(93-13)51-76(80)95-15)90-85(63)87(69)92-83(67)79-58(9)60(11)81(88)61(12)59(79)10)74(97-41-27-25-23-21-19-17-2)48-64(73)30-34-66-46-68-32-28-62-36-38-71(77-54(5)42-52(3)43-55(77)6)89-84(62)86(68)91-82(66)78-56(7)44-53(4)45-57(78)8/h28-29,32-33,36-39,42-51H,16-27,40-41H2,1-15H3. The molecule has 10 heteroatoms. The topological polar surface area (TPSA) is 97.7 Å². The molecule has 11 rings (SSSR count). The minimum Gasteiger partial charge on any atom is -0.496 e. The third-order valence-electron chi connectivity index (χ3n) is 19.1. The Hall–Kier alpha value is -9.22. The van der Waals surface area contributed by atoms with Crippen LogP contribution in [0.5, 0.6) is 28.7 Å². The van der Waals surface area contributed by atoms with Gasteiger partial charge in [-0.1, -0.05) is 189 Å². The normalized spacial score (nSPS) is 11.3. The van der Waals surface area contributed by atoms with E-state index >= 15 is 0 Å². The first kappa shape index (κ1) is 69.1. The maximum Gasteiger partial charge on any atom is 0.136 e. The van der Waals surface area contributed by atoms with Crippen LogP contribution in [0, 0.1) is 92.9 Å². The number of methoxy groups -OCH3 is 3. The number of hydrogen-bond acceptors (Lipinski definition) is 9. The molecule has 0 radical (unpaired) electrons. The average Bonchev–Trinajstić information content (AvgIpc) is 0.754. The maximum atomic E-state index is 6.97. The number of fused-ring (bicyclic) bond motifs is 6. The van der Waals surface area contributed by atoms with Gasteiger partial charge in [0, 0.05) is 67.0 Å². The minimum atomic E-state index is 0.526. The Morgan fingerprint density at radius 3 is 1.14 bits per heavy atom. The van der Waals surface area contributed by atoms with E-state index in [2.05, 4.69) is 214 Å². The van der Waals surface area contributed by atoms with Crippen molar-refractivity contribution in [2.75, 3.05) is 34.5 Å². The molecule has 0 aliphatic carbocycles. The highest BCUT2D eigenvalue weighted by Gasteiger charge is 2.24. The molecule has 4 heterocycles. The summed E-state index contributed by atoms with van der Waals surface area (Å²) in [4.78, 5) is 22.2. The van der Waals surface area contributed by atoms with Gasteiger partial charge in [-0.15, -0.1) is 0 Å². The van der Waals surface area contributed by atoms with Crippen LogP contribution in [-0.2, 0) is 0 Å². The summed E-state index contributed by atoms with van der Waals surface area (Å²) in [6.07, 6.45) is 13.6. The first-order valence-corrected chi connectivity index (χ1v) is 35.4. The SMILES string of the molecule is CCCCCCCCOc1cc(C#Cc2cc3ccc4ccc(-c5c(OC)cc(OC)cc5OC)nc4c3nc2-c2c(C)c(C)c(Br)c(C)c2C)c(OCCCCCCCC)cc1C#Cc1cc2ccc3ccc(-c4c(C)cc(C)cc4C)nc3c2nc1-c1c(C)cc(C)cc1C. The van der Waals surface area contributed by atoms with E-state index in [0.717, 1.165) is 170 Å². The predicted molar refractivity (Wildman–Crippen MR) is 407 cm³/mol. The highest BCUT2D eigenvalue weighted by atomic mass is 79.9. The van der Waals surface area contributed by atoms with E-state index in [0.29, 0.717) is 58.8 Å². The summed E-state index contributed by atoms with van der Waals surface area (Å²) in [5, 5.41) is 3.83. The van der Waals surface area contributed by atoms with Crippen LogP contribution in [0.25, 0.3) is 88.6 Å². The largest absolute Gasteiger partial charge is 0.496 e. The van der Waals surface area contributed by atoms with Gasteiger partial charge in [0.05, 0.1) is 107 Å². The quantitative estimate of drug-likeness (QED) is 0.0352. The summed E-state index contributed by atoms with van der Waals surface area (Å²) < 4.78 is 32.5. The number of rotatable bonds is 23. The lowest BCUT2D eigenvalue weighted by molar-refractivity contribution is 0.295. The van der Waals surface area contributed by atoms with Gasteiger partial charge in [0.15, 0.2) is 0 Å². The van der Waals surface area contributed by atoms with Gasteiger partial charge in [-0.05, 0) is 151 Å². The molecule has 0 amide bonds. The molecular weight excluding hydrogens is 1260 g/mol. The van der Waals surface area contributed by atoms with Crippen molar-refractivity contribution in [3.63, 3.8) is 0 Å². The number of hydrogen-bond donors (Lipinski definition) is 0. The van der Waals surface area contributed by atoms with Gasteiger partial charge in [0.2, 0.25) is 0 Å². The van der Waals surface area contributed by atoms with Gasteiger partial charge in [-0.2, -0.15) is 0 Å². The van der Waals surface area contributed by atoms with E-state index < -0.39 is 0 Å². The van der Waals surface area contributed by atoms with Crippen molar-refractivity contribution in [1.29, 1.82) is 0 Å². The Bertz CT molecular complexity index is 4870. The van der Waals surface area contributed by atoms with Crippen LogP contribution in [0.3, 0.4) is 0 Å². The second kappa shape index (κ2) is 30.9. The van der Waals surface area contributed by atoms with Crippen molar-refractivity contribution in [1.82, 2.24) is 19.9 Å². The van der Waals surface area contributed by atoms with Gasteiger partial charge in [0.25, 0.3) is 0 Å². The third-order valence-corrected chi connectivity index (χ3v) is 20.3. The van der Waals surface area contributed by atoms with Crippen LogP contribution in [-0.4, -0.2) is 54.5 Å². The van der Waals surface area contributed by atoms with Crippen molar-refractivity contribution < 1.29 is 23.7 Å². The van der Waals surface area contributed by atoms with Crippen LogP contribution in [0.15, 0.2) is 114 Å². The van der Waals surface area contributed by atoms with E-state index in [1.807, 2.05) is 18.2 Å². The zero-order chi connectivity index (χ0) is 68.6. The predicted octanol–water partition coefficient (Wildman–Crippen LogP) is 22.7. The molecule has 0 fully saturated rings. The van der Waals surface area contributed by atoms with Crippen molar-refractivity contribution in [3.8, 4) is 97.5 Å². The van der Waals surface area contributed by atoms with E-state index in [1.165, 1.54) is 60.8 Å². The van der Waals surface area contributed by atoms with Crippen molar-refractivity contribution in [2.24, 2.45) is 0 Å². The maximum absolute atomic E-state index is 6.97. The van der Waals surface area contributed by atoms with E-state index in [9.17, 15) is 0 Å². The molecular formula is C87H91BrN4O5. The number of pyridine rings is 4. The lowest BCUT2D eigenvalue weighted by Gasteiger charge is -2.19. The lowest BCUT2D eigenvalue weighted by atomic mass is 9.89. The molecule has 97 heavy (non-hydrogen) atoms. The lowest BCUT2D eigenvalue weighted by Crippen LogP contribution is -2.04. The smallest absolute Gasteiger partial charge is 0.136 e. The van der Waals surface area contributed by atoms with E-state index in [4.69, 9.17) is 43.6 Å². The first-order valence-electron chi connectivity index (χ1n) is 34.6. The zero-order valence-corrected chi connectivity index (χ0v) is 61.1. The van der Waals surface area contributed by atoms with Gasteiger partial charge >= 0.3 is 0 Å². The Balaban J connectivity index is 1.11. The van der Waals surface area contributed by atoms with Crippen molar-refractivity contribution in [3.05, 3.63) is 192 Å². The minimum absolute atomic E-state index is 0.526. The van der Waals surface area contributed by atoms with Crippen LogP contribution in [0.4, 0.5) is 0 Å². The van der Waals surface area contributed by atoms with Crippen molar-refractivity contribution >= 4 is 59.5 Å². The molecule has 11 aromatic rings. The number of nitrogens with zero attached hydrogens (tertiary/aromatic N) is 4. The van der Waals surface area contributed by atoms with Crippen LogP contribution in [0.2, 0.25) is 0 Å². The number of halogens is 1. The molecule has 0 saturated heterocycles. The summed E-state index contributed by atoms with van der Waals surface area (Å²) in [5.74, 6) is 18.0. The van der Waals surface area contributed by atoms with Crippen LogP contribution >= 0.6 is 15.9 Å². The van der Waals surface area contributed by atoms with E-state index in [-0.39, 0.29) is 0 Å². The summed E-state index contributed by atoms with van der Waals surface area (Å²) >= 11 is 3.95. The zero-order valence-electron chi connectivity index (χ0n) is 59.5. The molecule has 0 unspecified atom stereocenters. The molecule has 0 atom stereocenters. The molecule has 4 aromatic heterocycles. The summed E-state index contributed by atoms with van der Waals surface area (Å²) in [7, 11) is 4.92. The molecule has 0 N–H and O–H groups in total. The number of benzene rings is 7. The van der Waals surface area contributed by atoms with Gasteiger partial charge in [-0.25, -0.2) is 19.9 Å². The molecule has 0 aliphatic heterocycles. The second-order valence-electron chi connectivity index (χ2n) is 26.3. The van der Waals surface area contributed by atoms with Gasteiger partial charge in [0.1, 0.15) is 28.7 Å². The van der Waals surface area contributed by atoms with E-state index in [1.54, 1.807) is 21.3 Å².